The molecule has 17 heavy (non-hydrogen) atoms. The number of carbonyl (C=O) groups excluding carboxylic acids is 1. The number of carbonyl (C=O) groups is 1. The van der Waals surface area contributed by atoms with Crippen LogP contribution in [0.2, 0.25) is 0 Å². The SMILES string of the molecule is COC(=O)C(C)CN(C)c1nc[nH]c(=O)c1I. The third-order valence-corrected chi connectivity index (χ3v) is 3.26. The number of rotatable bonds is 4. The molecular formula is C10H14IN3O3. The van der Waals surface area contributed by atoms with E-state index in [2.05, 4.69) is 14.7 Å². The highest BCUT2D eigenvalue weighted by Gasteiger charge is 2.18. The van der Waals surface area contributed by atoms with Gasteiger partial charge in [-0.1, -0.05) is 6.92 Å². The molecule has 1 unspecified atom stereocenters. The zero-order valence-electron chi connectivity index (χ0n) is 9.86. The Bertz CT molecular complexity index is 460. The number of hydrogen-bond donors (Lipinski definition) is 1. The third kappa shape index (κ3) is 3.42. The topological polar surface area (TPSA) is 75.3 Å². The van der Waals surface area contributed by atoms with Crippen LogP contribution in [0, 0.1) is 9.49 Å². The fourth-order valence-electron chi connectivity index (χ4n) is 1.41. The molecule has 0 saturated heterocycles. The second-order valence-electron chi connectivity index (χ2n) is 3.67. The first-order chi connectivity index (χ1) is 7.97. The van der Waals surface area contributed by atoms with Crippen LogP contribution < -0.4 is 10.5 Å². The Kier molecular flexibility index (Phi) is 4.91. The van der Waals surface area contributed by atoms with Crippen LogP contribution in [0.4, 0.5) is 5.82 Å². The quantitative estimate of drug-likeness (QED) is 0.636. The average Bonchev–Trinajstić information content (AvgIpc) is 2.31. The molecule has 1 N–H and O–H groups in total. The maximum atomic E-state index is 11.4. The van der Waals surface area contributed by atoms with E-state index in [1.165, 1.54) is 13.4 Å². The maximum absolute atomic E-state index is 11.4. The fourth-order valence-corrected chi connectivity index (χ4v) is 2.12. The predicted octanol–water partition coefficient (Wildman–Crippen LogP) is 0.620. The van der Waals surface area contributed by atoms with Gasteiger partial charge in [0.05, 0.1) is 19.4 Å². The zero-order valence-corrected chi connectivity index (χ0v) is 12.0. The van der Waals surface area contributed by atoms with E-state index in [0.717, 1.165) is 0 Å². The van der Waals surface area contributed by atoms with Crippen molar-refractivity contribution in [2.75, 3.05) is 25.6 Å². The third-order valence-electron chi connectivity index (χ3n) is 2.29. The van der Waals surface area contributed by atoms with Gasteiger partial charge in [-0.05, 0) is 22.6 Å². The van der Waals surface area contributed by atoms with E-state index >= 15 is 0 Å². The number of esters is 1. The molecule has 6 nitrogen and oxygen atoms in total. The van der Waals surface area contributed by atoms with Gasteiger partial charge in [0.15, 0.2) is 0 Å². The van der Waals surface area contributed by atoms with Crippen LogP contribution in [0.3, 0.4) is 0 Å². The number of nitrogens with one attached hydrogen (secondary N) is 1. The standard InChI is InChI=1S/C10H14IN3O3/c1-6(10(16)17-3)4-14(2)8-7(11)9(15)13-5-12-8/h5-6H,4H2,1-3H3,(H,12,13,15). The van der Waals surface area contributed by atoms with Gasteiger partial charge in [-0.3, -0.25) is 9.59 Å². The second kappa shape index (κ2) is 5.99. The molecule has 0 radical (unpaired) electrons. The van der Waals surface area contributed by atoms with Crippen molar-refractivity contribution in [3.8, 4) is 0 Å². The van der Waals surface area contributed by atoms with Crippen LogP contribution in [-0.4, -0.2) is 36.6 Å². The van der Waals surface area contributed by atoms with Gasteiger partial charge in [-0.25, -0.2) is 4.98 Å². The number of ether oxygens (including phenoxy) is 1. The monoisotopic (exact) mass is 351 g/mol. The van der Waals surface area contributed by atoms with Crippen LogP contribution in [0.15, 0.2) is 11.1 Å². The number of nitrogens with zero attached hydrogens (tertiary/aromatic N) is 2. The fraction of sp³-hybridized carbons (Fsp3) is 0.500. The largest absolute Gasteiger partial charge is 0.469 e. The zero-order chi connectivity index (χ0) is 13.0. The van der Waals surface area contributed by atoms with Crippen molar-refractivity contribution >= 4 is 34.4 Å². The van der Waals surface area contributed by atoms with Gasteiger partial charge in [0.25, 0.3) is 5.56 Å². The lowest BCUT2D eigenvalue weighted by Crippen LogP contribution is -2.31. The van der Waals surface area contributed by atoms with Gasteiger partial charge in [0.2, 0.25) is 0 Å². The molecule has 0 spiro atoms. The lowest BCUT2D eigenvalue weighted by atomic mass is 10.2. The molecule has 0 aliphatic heterocycles. The van der Waals surface area contributed by atoms with Crippen molar-refractivity contribution in [3.05, 3.63) is 20.3 Å². The summed E-state index contributed by atoms with van der Waals surface area (Å²) in [5, 5.41) is 0. The summed E-state index contributed by atoms with van der Waals surface area (Å²) in [4.78, 5) is 31.0. The summed E-state index contributed by atoms with van der Waals surface area (Å²) >= 11 is 1.93. The molecular weight excluding hydrogens is 337 g/mol. The molecule has 1 atom stereocenters. The number of methoxy groups -OCH3 is 1. The molecule has 0 amide bonds. The van der Waals surface area contributed by atoms with Gasteiger partial charge in [0, 0.05) is 13.6 Å². The van der Waals surface area contributed by atoms with E-state index in [0.29, 0.717) is 15.9 Å². The Morgan fingerprint density at radius 1 is 1.71 bits per heavy atom. The maximum Gasteiger partial charge on any atom is 0.310 e. The average molecular weight is 351 g/mol. The summed E-state index contributed by atoms with van der Waals surface area (Å²) in [6.45, 7) is 2.21. The first kappa shape index (κ1) is 13.9. The van der Waals surface area contributed by atoms with Gasteiger partial charge >= 0.3 is 5.97 Å². The van der Waals surface area contributed by atoms with Gasteiger partial charge in [0.1, 0.15) is 9.39 Å². The van der Waals surface area contributed by atoms with E-state index in [4.69, 9.17) is 0 Å². The number of hydrogen-bond acceptors (Lipinski definition) is 5. The number of halogens is 1. The van der Waals surface area contributed by atoms with E-state index in [1.807, 2.05) is 22.6 Å². The Balaban J connectivity index is 2.83. The second-order valence-corrected chi connectivity index (χ2v) is 4.75. The van der Waals surface area contributed by atoms with Crippen LogP contribution >= 0.6 is 22.6 Å². The molecule has 0 aliphatic carbocycles. The normalized spacial score (nSPS) is 12.0. The number of anilines is 1. The Morgan fingerprint density at radius 2 is 2.35 bits per heavy atom. The Morgan fingerprint density at radius 3 is 2.94 bits per heavy atom. The minimum Gasteiger partial charge on any atom is -0.469 e. The van der Waals surface area contributed by atoms with E-state index in [9.17, 15) is 9.59 Å². The molecule has 0 fully saturated rings. The molecule has 0 saturated carbocycles. The minimum atomic E-state index is -0.281. The van der Waals surface area contributed by atoms with E-state index < -0.39 is 0 Å². The summed E-state index contributed by atoms with van der Waals surface area (Å²) < 4.78 is 5.15. The molecule has 94 valence electrons. The highest BCUT2D eigenvalue weighted by Crippen LogP contribution is 2.15. The van der Waals surface area contributed by atoms with Gasteiger partial charge < -0.3 is 14.6 Å². The van der Waals surface area contributed by atoms with Gasteiger partial charge in [-0.2, -0.15) is 0 Å². The highest BCUT2D eigenvalue weighted by atomic mass is 127. The van der Waals surface area contributed by atoms with E-state index in [1.54, 1.807) is 18.9 Å². The summed E-state index contributed by atoms with van der Waals surface area (Å²) in [5.41, 5.74) is -0.187. The Labute approximate surface area is 113 Å². The van der Waals surface area contributed by atoms with Crippen molar-refractivity contribution in [2.24, 2.45) is 5.92 Å². The molecule has 0 aromatic carbocycles. The summed E-state index contributed by atoms with van der Waals surface area (Å²) in [7, 11) is 3.14. The molecule has 0 aliphatic rings. The molecule has 1 heterocycles. The minimum absolute atomic E-state index is 0.187. The lowest BCUT2D eigenvalue weighted by Gasteiger charge is -2.21. The Hall–Kier alpha value is -1.12. The molecule has 1 aromatic heterocycles. The first-order valence-corrected chi connectivity index (χ1v) is 6.07. The summed E-state index contributed by atoms with van der Waals surface area (Å²) in [6, 6.07) is 0. The van der Waals surface area contributed by atoms with Crippen LogP contribution in [0.25, 0.3) is 0 Å². The van der Waals surface area contributed by atoms with Crippen LogP contribution in [-0.2, 0) is 9.53 Å². The highest BCUT2D eigenvalue weighted by molar-refractivity contribution is 14.1. The molecule has 0 bridgehead atoms. The van der Waals surface area contributed by atoms with Crippen molar-refractivity contribution in [1.82, 2.24) is 9.97 Å². The van der Waals surface area contributed by atoms with Crippen molar-refractivity contribution in [2.45, 2.75) is 6.92 Å². The van der Waals surface area contributed by atoms with Crippen molar-refractivity contribution in [1.29, 1.82) is 0 Å². The molecule has 1 aromatic rings. The molecule has 7 heteroatoms. The lowest BCUT2D eigenvalue weighted by molar-refractivity contribution is -0.144. The van der Waals surface area contributed by atoms with Crippen LogP contribution in [0.1, 0.15) is 6.92 Å². The number of aromatic amines is 1. The van der Waals surface area contributed by atoms with Crippen molar-refractivity contribution < 1.29 is 9.53 Å². The number of aromatic nitrogens is 2. The summed E-state index contributed by atoms with van der Waals surface area (Å²) in [5.74, 6) is 0.00342. The van der Waals surface area contributed by atoms with Crippen molar-refractivity contribution in [3.63, 3.8) is 0 Å². The summed E-state index contributed by atoms with van der Waals surface area (Å²) in [6.07, 6.45) is 1.35. The predicted molar refractivity (Wildman–Crippen MR) is 72.0 cm³/mol. The first-order valence-electron chi connectivity index (χ1n) is 4.99. The van der Waals surface area contributed by atoms with Gasteiger partial charge in [-0.15, -0.1) is 0 Å². The van der Waals surface area contributed by atoms with Crippen LogP contribution in [0.5, 0.6) is 0 Å². The molecule has 1 rings (SSSR count). The number of H-pyrrole nitrogens is 1. The smallest absolute Gasteiger partial charge is 0.310 e. The van der Waals surface area contributed by atoms with E-state index in [-0.39, 0.29) is 17.4 Å².